The van der Waals surface area contributed by atoms with Crippen LogP contribution in [0.4, 0.5) is 0 Å². The minimum Gasteiger partial charge on any atom is -0.0810 e. The smallest absolute Gasteiger partial charge is 0.0191 e. The van der Waals surface area contributed by atoms with Crippen molar-refractivity contribution in [2.24, 2.45) is 5.92 Å². The molecule has 0 aromatic carbocycles. The van der Waals surface area contributed by atoms with Crippen molar-refractivity contribution in [3.8, 4) is 0 Å². The third-order valence-corrected chi connectivity index (χ3v) is 2.96. The van der Waals surface area contributed by atoms with Gasteiger partial charge in [-0.15, -0.1) is 0 Å². The van der Waals surface area contributed by atoms with Gasteiger partial charge in [-0.05, 0) is 44.6 Å². The predicted octanol–water partition coefficient (Wildman–Crippen LogP) is 4.09. The first-order valence-corrected chi connectivity index (χ1v) is 5.03. The van der Waals surface area contributed by atoms with Crippen molar-refractivity contribution in [2.75, 3.05) is 0 Å². The van der Waals surface area contributed by atoms with E-state index in [0.717, 1.165) is 5.92 Å². The molecule has 0 amide bonds. The molecule has 0 heteroatoms. The highest BCUT2D eigenvalue weighted by atomic mass is 14.2. The highest BCUT2D eigenvalue weighted by molar-refractivity contribution is 5.37. The van der Waals surface area contributed by atoms with Crippen molar-refractivity contribution in [1.82, 2.24) is 0 Å². The minimum absolute atomic E-state index is 0.751. The molecule has 1 atom stereocenters. The van der Waals surface area contributed by atoms with E-state index in [2.05, 4.69) is 33.8 Å². The zero-order chi connectivity index (χ0) is 9.14. The normalized spacial score (nSPS) is 20.8. The van der Waals surface area contributed by atoms with Gasteiger partial charge in [-0.2, -0.15) is 0 Å². The van der Waals surface area contributed by atoms with Gasteiger partial charge >= 0.3 is 0 Å². The molecular weight excluding hydrogens is 144 g/mol. The molecule has 0 saturated carbocycles. The van der Waals surface area contributed by atoms with E-state index in [9.17, 15) is 0 Å². The van der Waals surface area contributed by atoms with Crippen molar-refractivity contribution in [3.05, 3.63) is 22.8 Å². The van der Waals surface area contributed by atoms with Crippen LogP contribution in [0.5, 0.6) is 0 Å². The zero-order valence-electron chi connectivity index (χ0n) is 8.78. The van der Waals surface area contributed by atoms with Gasteiger partial charge in [0.15, 0.2) is 0 Å². The highest BCUT2D eigenvalue weighted by Gasteiger charge is 2.14. The Morgan fingerprint density at radius 1 is 1.42 bits per heavy atom. The second kappa shape index (κ2) is 3.93. The Bertz CT molecular complexity index is 218. The van der Waals surface area contributed by atoms with E-state index in [1.165, 1.54) is 24.8 Å². The second-order valence-corrected chi connectivity index (χ2v) is 3.93. The molecule has 0 aromatic heterocycles. The van der Waals surface area contributed by atoms with Crippen LogP contribution in [0.2, 0.25) is 0 Å². The van der Waals surface area contributed by atoms with Crippen LogP contribution in [0.25, 0.3) is 0 Å². The topological polar surface area (TPSA) is 0 Å². The number of hydrogen-bond acceptors (Lipinski definition) is 0. The van der Waals surface area contributed by atoms with Gasteiger partial charge in [-0.1, -0.05) is 31.1 Å². The number of hydrogen-bond donors (Lipinski definition) is 0. The Labute approximate surface area is 76.4 Å². The number of rotatable bonds is 2. The molecule has 0 aromatic rings. The van der Waals surface area contributed by atoms with Crippen LogP contribution in [0.3, 0.4) is 0 Å². The van der Waals surface area contributed by atoms with Crippen LogP contribution in [0.1, 0.15) is 47.0 Å². The summed E-state index contributed by atoms with van der Waals surface area (Å²) >= 11 is 0. The van der Waals surface area contributed by atoms with E-state index >= 15 is 0 Å². The molecule has 1 aliphatic rings. The summed E-state index contributed by atoms with van der Waals surface area (Å²) in [5, 5.41) is 0. The van der Waals surface area contributed by atoms with Gasteiger partial charge in [0.05, 0.1) is 0 Å². The fourth-order valence-electron chi connectivity index (χ4n) is 2.10. The van der Waals surface area contributed by atoms with Crippen molar-refractivity contribution in [1.29, 1.82) is 0 Å². The first-order valence-electron chi connectivity index (χ1n) is 5.03. The van der Waals surface area contributed by atoms with Gasteiger partial charge in [-0.25, -0.2) is 0 Å². The van der Waals surface area contributed by atoms with Crippen molar-refractivity contribution < 1.29 is 0 Å². The third kappa shape index (κ3) is 1.80. The van der Waals surface area contributed by atoms with E-state index < -0.39 is 0 Å². The minimum atomic E-state index is 0.751. The molecule has 0 fully saturated rings. The fraction of sp³-hybridized carbons (Fsp3) is 0.667. The van der Waals surface area contributed by atoms with Crippen molar-refractivity contribution >= 4 is 0 Å². The van der Waals surface area contributed by atoms with E-state index in [1.54, 1.807) is 11.1 Å². The highest BCUT2D eigenvalue weighted by Crippen LogP contribution is 2.31. The lowest BCUT2D eigenvalue weighted by atomic mass is 9.84. The molecule has 0 heterocycles. The summed E-state index contributed by atoms with van der Waals surface area (Å²) < 4.78 is 0. The summed E-state index contributed by atoms with van der Waals surface area (Å²) in [5.41, 5.74) is 4.77. The Kier molecular flexibility index (Phi) is 3.13. The SMILES string of the molecule is CCC(C)C1=C(C)CCC=C1C. The molecule has 0 N–H and O–H groups in total. The first-order chi connectivity index (χ1) is 5.66. The molecule has 68 valence electrons. The molecule has 0 nitrogen and oxygen atoms in total. The predicted molar refractivity (Wildman–Crippen MR) is 55.1 cm³/mol. The fourth-order valence-corrected chi connectivity index (χ4v) is 2.10. The quantitative estimate of drug-likeness (QED) is 0.576. The molecule has 0 saturated heterocycles. The maximum Gasteiger partial charge on any atom is -0.0191 e. The first kappa shape index (κ1) is 9.57. The lowest BCUT2D eigenvalue weighted by Gasteiger charge is -2.22. The molecule has 1 unspecified atom stereocenters. The van der Waals surface area contributed by atoms with Gasteiger partial charge in [-0.3, -0.25) is 0 Å². The molecule has 1 aliphatic carbocycles. The van der Waals surface area contributed by atoms with Crippen LogP contribution in [0.15, 0.2) is 22.8 Å². The van der Waals surface area contributed by atoms with E-state index in [1.807, 2.05) is 0 Å². The van der Waals surface area contributed by atoms with Crippen molar-refractivity contribution in [2.45, 2.75) is 47.0 Å². The summed E-state index contributed by atoms with van der Waals surface area (Å²) in [6, 6.07) is 0. The van der Waals surface area contributed by atoms with E-state index in [0.29, 0.717) is 0 Å². The van der Waals surface area contributed by atoms with Crippen LogP contribution in [-0.2, 0) is 0 Å². The largest absolute Gasteiger partial charge is 0.0810 e. The molecule has 1 rings (SSSR count). The lowest BCUT2D eigenvalue weighted by Crippen LogP contribution is -2.05. The van der Waals surface area contributed by atoms with Crippen LogP contribution < -0.4 is 0 Å². The summed E-state index contributed by atoms with van der Waals surface area (Å²) in [6.07, 6.45) is 6.17. The Morgan fingerprint density at radius 2 is 2.08 bits per heavy atom. The molecule has 12 heavy (non-hydrogen) atoms. The van der Waals surface area contributed by atoms with Gasteiger partial charge < -0.3 is 0 Å². The average molecular weight is 164 g/mol. The van der Waals surface area contributed by atoms with E-state index in [-0.39, 0.29) is 0 Å². The maximum absolute atomic E-state index is 2.38. The summed E-state index contributed by atoms with van der Waals surface area (Å²) in [7, 11) is 0. The maximum atomic E-state index is 2.38. The Morgan fingerprint density at radius 3 is 2.58 bits per heavy atom. The summed E-state index contributed by atoms with van der Waals surface area (Å²) in [6.45, 7) is 9.15. The molecule has 0 radical (unpaired) electrons. The second-order valence-electron chi connectivity index (χ2n) is 3.93. The summed E-state index contributed by atoms with van der Waals surface area (Å²) in [5.74, 6) is 0.751. The van der Waals surface area contributed by atoms with E-state index in [4.69, 9.17) is 0 Å². The number of allylic oxidation sites excluding steroid dienone is 4. The Hall–Kier alpha value is -0.520. The summed E-state index contributed by atoms with van der Waals surface area (Å²) in [4.78, 5) is 0. The van der Waals surface area contributed by atoms with Crippen LogP contribution in [0, 0.1) is 5.92 Å². The molecular formula is C12H20. The molecule has 0 bridgehead atoms. The molecule has 0 aliphatic heterocycles. The monoisotopic (exact) mass is 164 g/mol. The third-order valence-electron chi connectivity index (χ3n) is 2.96. The van der Waals surface area contributed by atoms with Crippen LogP contribution in [-0.4, -0.2) is 0 Å². The van der Waals surface area contributed by atoms with Gasteiger partial charge in [0.2, 0.25) is 0 Å². The zero-order valence-corrected chi connectivity index (χ0v) is 8.78. The standard InChI is InChI=1S/C12H20/c1-5-9(2)12-10(3)7-6-8-11(12)4/h7,9H,5-6,8H2,1-4H3. The molecule has 0 spiro atoms. The van der Waals surface area contributed by atoms with Gasteiger partial charge in [0.25, 0.3) is 0 Å². The average Bonchev–Trinajstić information content (AvgIpc) is 2.03. The van der Waals surface area contributed by atoms with Crippen LogP contribution >= 0.6 is 0 Å². The lowest BCUT2D eigenvalue weighted by molar-refractivity contribution is 0.642. The Balaban J connectivity index is 2.90. The van der Waals surface area contributed by atoms with Gasteiger partial charge in [0.1, 0.15) is 0 Å². The van der Waals surface area contributed by atoms with Crippen molar-refractivity contribution in [3.63, 3.8) is 0 Å². The van der Waals surface area contributed by atoms with Gasteiger partial charge in [0, 0.05) is 0 Å².